The van der Waals surface area contributed by atoms with Crippen molar-refractivity contribution in [1.82, 2.24) is 15.0 Å². The van der Waals surface area contributed by atoms with Crippen LogP contribution in [0, 0.1) is 6.92 Å². The molecule has 0 aliphatic carbocycles. The van der Waals surface area contributed by atoms with Gasteiger partial charge in [-0.15, -0.1) is 0 Å². The molecule has 0 spiro atoms. The lowest BCUT2D eigenvalue weighted by Gasteiger charge is -2.14. The molecule has 2 aromatic heterocycles. The highest BCUT2D eigenvalue weighted by atomic mass is 79.9. The highest BCUT2D eigenvalue weighted by Crippen LogP contribution is 2.36. The van der Waals surface area contributed by atoms with Crippen LogP contribution in [0.1, 0.15) is 22.6 Å². The number of benzene rings is 1. The normalized spacial score (nSPS) is 12.0. The second-order valence-corrected chi connectivity index (χ2v) is 7.94. The third kappa shape index (κ3) is 6.47. The van der Waals surface area contributed by atoms with Crippen LogP contribution in [0.25, 0.3) is 0 Å². The summed E-state index contributed by atoms with van der Waals surface area (Å²) in [6.07, 6.45) is -8.12. The van der Waals surface area contributed by atoms with Gasteiger partial charge in [-0.2, -0.15) is 26.3 Å². The number of ether oxygens (including phenoxy) is 1. The van der Waals surface area contributed by atoms with E-state index >= 15 is 0 Å². The zero-order chi connectivity index (χ0) is 24.4. The van der Waals surface area contributed by atoms with Gasteiger partial charge in [0.1, 0.15) is 22.4 Å². The lowest BCUT2D eigenvalue weighted by molar-refractivity contribution is -0.141. The molecule has 0 aliphatic rings. The minimum atomic E-state index is -4.70. The summed E-state index contributed by atoms with van der Waals surface area (Å²) in [5.41, 5.74) is -1.31. The van der Waals surface area contributed by atoms with E-state index in [1.54, 1.807) is 18.2 Å². The van der Waals surface area contributed by atoms with E-state index < -0.39 is 28.6 Å². The number of rotatable bonds is 6. The Bertz CT molecular complexity index is 1140. The maximum Gasteiger partial charge on any atom is 0.435 e. The van der Waals surface area contributed by atoms with Crippen molar-refractivity contribution in [3.63, 3.8) is 0 Å². The van der Waals surface area contributed by atoms with Gasteiger partial charge in [0.15, 0.2) is 5.69 Å². The van der Waals surface area contributed by atoms with Gasteiger partial charge in [-0.05, 0) is 53.0 Å². The summed E-state index contributed by atoms with van der Waals surface area (Å²) in [6, 6.07) is 6.95. The first-order valence-corrected chi connectivity index (χ1v) is 10.4. The number of nitrogens with one attached hydrogen (secondary N) is 1. The van der Waals surface area contributed by atoms with Crippen LogP contribution in [0.15, 0.2) is 41.0 Å². The molecule has 1 aromatic carbocycles. The van der Waals surface area contributed by atoms with Crippen molar-refractivity contribution in [2.24, 2.45) is 0 Å². The largest absolute Gasteiger partial charge is 0.438 e. The van der Waals surface area contributed by atoms with E-state index in [0.29, 0.717) is 22.8 Å². The van der Waals surface area contributed by atoms with Crippen molar-refractivity contribution >= 4 is 33.3 Å². The van der Waals surface area contributed by atoms with Crippen molar-refractivity contribution < 1.29 is 31.1 Å². The van der Waals surface area contributed by atoms with E-state index in [0.717, 1.165) is 17.7 Å². The van der Waals surface area contributed by atoms with Crippen LogP contribution in [-0.2, 0) is 18.8 Å². The maximum absolute atomic E-state index is 13.0. The van der Waals surface area contributed by atoms with Crippen molar-refractivity contribution in [1.29, 1.82) is 0 Å². The molecule has 2 heterocycles. The molecular formula is C20H14BrClF6N4O. The predicted octanol–water partition coefficient (Wildman–Crippen LogP) is 7.08. The molecule has 0 unspecified atom stereocenters. The Morgan fingerprint density at radius 1 is 1.03 bits per heavy atom. The van der Waals surface area contributed by atoms with Crippen LogP contribution in [0.3, 0.4) is 0 Å². The Kier molecular flexibility index (Phi) is 7.37. The molecule has 5 nitrogen and oxygen atoms in total. The number of alkyl halides is 6. The van der Waals surface area contributed by atoms with Crippen LogP contribution in [-0.4, -0.2) is 21.5 Å². The van der Waals surface area contributed by atoms with Gasteiger partial charge in [-0.3, -0.25) is 0 Å². The average Bonchev–Trinajstić information content (AvgIpc) is 2.71. The fraction of sp³-hybridized carbons (Fsp3) is 0.250. The molecule has 0 aliphatic heterocycles. The highest BCUT2D eigenvalue weighted by molar-refractivity contribution is 9.10. The van der Waals surface area contributed by atoms with Gasteiger partial charge in [0.25, 0.3) is 0 Å². The number of aromatic nitrogens is 3. The topological polar surface area (TPSA) is 59.9 Å². The second-order valence-electron chi connectivity index (χ2n) is 6.71. The van der Waals surface area contributed by atoms with Crippen molar-refractivity contribution in [2.45, 2.75) is 25.7 Å². The van der Waals surface area contributed by atoms with Gasteiger partial charge in [0.05, 0.1) is 10.0 Å². The first-order valence-electron chi connectivity index (χ1n) is 9.19. The molecule has 1 N–H and O–H groups in total. The van der Waals surface area contributed by atoms with Crippen LogP contribution in [0.4, 0.5) is 32.2 Å². The Labute approximate surface area is 197 Å². The number of hydrogen-bond acceptors (Lipinski definition) is 5. The average molecular weight is 556 g/mol. The van der Waals surface area contributed by atoms with E-state index in [1.807, 2.05) is 0 Å². The Balaban J connectivity index is 1.64. The number of pyridine rings is 1. The zero-order valence-corrected chi connectivity index (χ0v) is 19.0. The smallest absolute Gasteiger partial charge is 0.435 e. The van der Waals surface area contributed by atoms with Gasteiger partial charge in [0.2, 0.25) is 5.88 Å². The number of halogens is 8. The Morgan fingerprint density at radius 3 is 2.33 bits per heavy atom. The lowest BCUT2D eigenvalue weighted by atomic mass is 10.1. The summed E-state index contributed by atoms with van der Waals surface area (Å²) < 4.78 is 83.0. The van der Waals surface area contributed by atoms with E-state index in [4.69, 9.17) is 16.3 Å². The van der Waals surface area contributed by atoms with Gasteiger partial charge < -0.3 is 10.1 Å². The third-order valence-corrected chi connectivity index (χ3v) is 5.19. The minimum absolute atomic E-state index is 0.0210. The molecule has 3 aromatic rings. The standard InChI is InChI=1S/C20H14BrClF6N4O/c1-10-31-17(20(26,27)28)16(22)18(32-10)29-7-6-11-2-4-14(13(21)8-11)33-15-5-3-12(9-30-15)19(23,24)25/h2-5,8-9H,6-7H2,1H3,(H,29,31,32). The summed E-state index contributed by atoms with van der Waals surface area (Å²) in [5, 5.41) is 2.17. The second kappa shape index (κ2) is 9.72. The van der Waals surface area contributed by atoms with E-state index in [2.05, 4.69) is 36.2 Å². The molecule has 0 amide bonds. The molecular weight excluding hydrogens is 542 g/mol. The van der Waals surface area contributed by atoms with Crippen LogP contribution >= 0.6 is 27.5 Å². The highest BCUT2D eigenvalue weighted by Gasteiger charge is 2.37. The van der Waals surface area contributed by atoms with E-state index in [-0.39, 0.29) is 24.1 Å². The van der Waals surface area contributed by atoms with Crippen molar-refractivity contribution in [3.8, 4) is 11.6 Å². The Morgan fingerprint density at radius 2 is 1.76 bits per heavy atom. The van der Waals surface area contributed by atoms with Crippen LogP contribution in [0.5, 0.6) is 11.6 Å². The molecule has 0 saturated carbocycles. The maximum atomic E-state index is 13.0. The quantitative estimate of drug-likeness (QED) is 0.330. The van der Waals surface area contributed by atoms with Gasteiger partial charge in [-0.25, -0.2) is 15.0 Å². The molecule has 0 bridgehead atoms. The van der Waals surface area contributed by atoms with Gasteiger partial charge in [0, 0.05) is 18.8 Å². The molecule has 176 valence electrons. The molecule has 0 saturated heterocycles. The third-order valence-electron chi connectivity index (χ3n) is 4.21. The van der Waals surface area contributed by atoms with E-state index in [9.17, 15) is 26.3 Å². The molecule has 0 fully saturated rings. The predicted molar refractivity (Wildman–Crippen MR) is 112 cm³/mol. The summed E-state index contributed by atoms with van der Waals surface area (Å²) in [6.45, 7) is 1.55. The zero-order valence-electron chi connectivity index (χ0n) is 16.7. The van der Waals surface area contributed by atoms with Crippen LogP contribution in [0.2, 0.25) is 5.02 Å². The first kappa shape index (κ1) is 25.0. The molecule has 13 heteroatoms. The molecule has 33 heavy (non-hydrogen) atoms. The lowest BCUT2D eigenvalue weighted by Crippen LogP contribution is -2.15. The number of nitrogens with zero attached hydrogens (tertiary/aromatic N) is 3. The Hall–Kier alpha value is -2.60. The van der Waals surface area contributed by atoms with E-state index in [1.165, 1.54) is 6.92 Å². The summed E-state index contributed by atoms with van der Waals surface area (Å²) in [7, 11) is 0. The fourth-order valence-corrected chi connectivity index (χ4v) is 3.46. The summed E-state index contributed by atoms with van der Waals surface area (Å²) >= 11 is 9.13. The number of hydrogen-bond donors (Lipinski definition) is 1. The summed E-state index contributed by atoms with van der Waals surface area (Å²) in [4.78, 5) is 10.9. The first-order chi connectivity index (χ1) is 15.3. The molecule has 0 radical (unpaired) electrons. The number of aryl methyl sites for hydroxylation is 1. The fourth-order valence-electron chi connectivity index (χ4n) is 2.69. The van der Waals surface area contributed by atoms with Crippen molar-refractivity contribution in [3.05, 3.63) is 68.7 Å². The summed E-state index contributed by atoms with van der Waals surface area (Å²) in [5.74, 6) is 0.106. The minimum Gasteiger partial charge on any atom is -0.438 e. The van der Waals surface area contributed by atoms with Crippen molar-refractivity contribution in [2.75, 3.05) is 11.9 Å². The van der Waals surface area contributed by atoms with Gasteiger partial charge >= 0.3 is 12.4 Å². The van der Waals surface area contributed by atoms with Crippen LogP contribution < -0.4 is 10.1 Å². The monoisotopic (exact) mass is 554 g/mol. The van der Waals surface area contributed by atoms with Gasteiger partial charge in [-0.1, -0.05) is 17.7 Å². The molecule has 3 rings (SSSR count). The SMILES string of the molecule is Cc1nc(NCCc2ccc(Oc3ccc(C(F)(F)F)cn3)c(Br)c2)c(Cl)c(C(F)(F)F)n1. The number of anilines is 1. The molecule has 0 atom stereocenters.